The number of anilines is 1. The van der Waals surface area contributed by atoms with Crippen molar-refractivity contribution >= 4 is 29.2 Å². The van der Waals surface area contributed by atoms with Crippen LogP contribution in [-0.4, -0.2) is 36.0 Å². The third kappa shape index (κ3) is 3.48. The Labute approximate surface area is 156 Å². The Balaban J connectivity index is 1.64. The quantitative estimate of drug-likeness (QED) is 0.756. The van der Waals surface area contributed by atoms with E-state index in [0.717, 1.165) is 0 Å². The van der Waals surface area contributed by atoms with Gasteiger partial charge in [-0.1, -0.05) is 11.6 Å². The molecule has 3 rings (SSSR count). The van der Waals surface area contributed by atoms with Crippen molar-refractivity contribution in [2.24, 2.45) is 0 Å². The monoisotopic (exact) mass is 369 g/mol. The first kappa shape index (κ1) is 17.8. The van der Waals surface area contributed by atoms with Crippen molar-refractivity contribution in [1.82, 2.24) is 4.90 Å². The number of hydrogen-bond acceptors (Lipinski definition) is 4. The highest BCUT2D eigenvalue weighted by atomic mass is 35.5. The average Bonchev–Trinajstić information content (AvgIpc) is 2.86. The number of hydrogen-bond donors (Lipinski definition) is 0. The number of urea groups is 1. The summed E-state index contributed by atoms with van der Waals surface area (Å²) >= 11 is 5.88. The van der Waals surface area contributed by atoms with Gasteiger partial charge in [-0.15, -0.1) is 0 Å². The second kappa shape index (κ2) is 7.46. The molecule has 1 fully saturated rings. The van der Waals surface area contributed by atoms with Crippen LogP contribution in [0.3, 0.4) is 0 Å². The maximum absolute atomic E-state index is 12.6. The van der Waals surface area contributed by atoms with Crippen molar-refractivity contribution in [3.8, 4) is 11.8 Å². The largest absolute Gasteiger partial charge is 0.492 e. The van der Waals surface area contributed by atoms with Gasteiger partial charge in [-0.2, -0.15) is 5.26 Å². The Morgan fingerprint density at radius 1 is 1.12 bits per heavy atom. The SMILES string of the molecule is CC1C(=O)N(CCOc2ccc(C#N)cc2)C(=O)N1c1ccc(Cl)cc1. The fourth-order valence-corrected chi connectivity index (χ4v) is 2.87. The van der Waals surface area contributed by atoms with Crippen LogP contribution < -0.4 is 9.64 Å². The number of ether oxygens (including phenoxy) is 1. The molecule has 2 aromatic rings. The molecule has 1 atom stereocenters. The number of benzene rings is 2. The minimum Gasteiger partial charge on any atom is -0.492 e. The van der Waals surface area contributed by atoms with E-state index in [1.807, 2.05) is 6.07 Å². The Hall–Kier alpha value is -3.04. The van der Waals surface area contributed by atoms with Gasteiger partial charge in [0.05, 0.1) is 18.2 Å². The van der Waals surface area contributed by atoms with Crippen molar-refractivity contribution in [1.29, 1.82) is 5.26 Å². The fourth-order valence-electron chi connectivity index (χ4n) is 2.75. The van der Waals surface area contributed by atoms with E-state index in [4.69, 9.17) is 21.6 Å². The molecule has 1 aliphatic heterocycles. The molecule has 2 aromatic carbocycles. The van der Waals surface area contributed by atoms with Crippen LogP contribution in [0.1, 0.15) is 12.5 Å². The second-order valence-corrected chi connectivity index (χ2v) is 6.22. The molecular formula is C19H16ClN3O3. The summed E-state index contributed by atoms with van der Waals surface area (Å²) in [5, 5.41) is 9.34. The van der Waals surface area contributed by atoms with Crippen LogP contribution in [-0.2, 0) is 4.79 Å². The van der Waals surface area contributed by atoms with E-state index in [2.05, 4.69) is 0 Å². The molecule has 6 nitrogen and oxygen atoms in total. The maximum Gasteiger partial charge on any atom is 0.332 e. The van der Waals surface area contributed by atoms with Gasteiger partial charge in [-0.25, -0.2) is 4.79 Å². The van der Waals surface area contributed by atoms with Gasteiger partial charge in [-0.05, 0) is 55.5 Å². The fraction of sp³-hybridized carbons (Fsp3) is 0.211. The van der Waals surface area contributed by atoms with Gasteiger partial charge in [0.15, 0.2) is 0 Å². The Bertz CT molecular complexity index is 859. The molecule has 0 N–H and O–H groups in total. The standard InChI is InChI=1S/C19H16ClN3O3/c1-13-18(24)22(10-11-26-17-8-2-14(12-21)3-9-17)19(25)23(13)16-6-4-15(20)5-7-16/h2-9,13H,10-11H2,1H3. The lowest BCUT2D eigenvalue weighted by Gasteiger charge is -2.19. The first-order valence-corrected chi connectivity index (χ1v) is 8.42. The van der Waals surface area contributed by atoms with Crippen molar-refractivity contribution in [3.63, 3.8) is 0 Å². The molecule has 0 bridgehead atoms. The highest BCUT2D eigenvalue weighted by Crippen LogP contribution is 2.27. The van der Waals surface area contributed by atoms with E-state index in [-0.39, 0.29) is 25.1 Å². The van der Waals surface area contributed by atoms with Gasteiger partial charge >= 0.3 is 6.03 Å². The molecule has 1 unspecified atom stereocenters. The van der Waals surface area contributed by atoms with Crippen LogP contribution in [0.15, 0.2) is 48.5 Å². The molecule has 0 radical (unpaired) electrons. The number of rotatable bonds is 5. The molecule has 1 aliphatic rings. The zero-order valence-corrected chi connectivity index (χ0v) is 14.8. The topological polar surface area (TPSA) is 73.6 Å². The molecule has 26 heavy (non-hydrogen) atoms. The summed E-state index contributed by atoms with van der Waals surface area (Å²) in [6.45, 7) is 2.01. The summed E-state index contributed by atoms with van der Waals surface area (Å²) in [6, 6.07) is 14.5. The van der Waals surface area contributed by atoms with E-state index >= 15 is 0 Å². The highest BCUT2D eigenvalue weighted by Gasteiger charge is 2.43. The summed E-state index contributed by atoms with van der Waals surface area (Å²) in [5.41, 5.74) is 1.16. The van der Waals surface area contributed by atoms with Gasteiger partial charge in [0.25, 0.3) is 5.91 Å². The van der Waals surface area contributed by atoms with E-state index in [9.17, 15) is 9.59 Å². The van der Waals surface area contributed by atoms with Crippen molar-refractivity contribution < 1.29 is 14.3 Å². The van der Waals surface area contributed by atoms with Crippen molar-refractivity contribution in [3.05, 3.63) is 59.1 Å². The Morgan fingerprint density at radius 3 is 2.38 bits per heavy atom. The van der Waals surface area contributed by atoms with E-state index in [1.54, 1.807) is 55.5 Å². The van der Waals surface area contributed by atoms with E-state index < -0.39 is 6.04 Å². The smallest absolute Gasteiger partial charge is 0.332 e. The molecule has 1 heterocycles. The maximum atomic E-state index is 12.6. The second-order valence-electron chi connectivity index (χ2n) is 5.78. The molecule has 3 amide bonds. The first-order valence-electron chi connectivity index (χ1n) is 8.04. The van der Waals surface area contributed by atoms with Crippen molar-refractivity contribution in [2.45, 2.75) is 13.0 Å². The summed E-state index contributed by atoms with van der Waals surface area (Å²) in [4.78, 5) is 27.7. The summed E-state index contributed by atoms with van der Waals surface area (Å²) in [7, 11) is 0. The van der Waals surface area contributed by atoms with Crippen molar-refractivity contribution in [2.75, 3.05) is 18.1 Å². The van der Waals surface area contributed by atoms with Crippen LogP contribution in [0.4, 0.5) is 10.5 Å². The van der Waals surface area contributed by atoms with Crippen LogP contribution >= 0.6 is 11.6 Å². The van der Waals surface area contributed by atoms with Crippen LogP contribution in [0, 0.1) is 11.3 Å². The third-order valence-electron chi connectivity index (χ3n) is 4.12. The zero-order chi connectivity index (χ0) is 18.7. The summed E-state index contributed by atoms with van der Waals surface area (Å²) in [6.07, 6.45) is 0. The number of carbonyl (C=O) groups is 2. The van der Waals surface area contributed by atoms with Gasteiger partial charge in [0.2, 0.25) is 0 Å². The van der Waals surface area contributed by atoms with Gasteiger partial charge in [0.1, 0.15) is 18.4 Å². The molecule has 0 spiro atoms. The average molecular weight is 370 g/mol. The number of nitriles is 1. The normalized spacial score (nSPS) is 16.7. The highest BCUT2D eigenvalue weighted by molar-refractivity contribution is 6.30. The molecular weight excluding hydrogens is 354 g/mol. The minimum absolute atomic E-state index is 0.145. The predicted octanol–water partition coefficient (Wildman–Crippen LogP) is 3.45. The molecule has 0 aliphatic carbocycles. The summed E-state index contributed by atoms with van der Waals surface area (Å²) < 4.78 is 5.56. The number of carbonyl (C=O) groups excluding carboxylic acids is 2. The first-order chi connectivity index (χ1) is 12.5. The third-order valence-corrected chi connectivity index (χ3v) is 4.37. The lowest BCUT2D eigenvalue weighted by atomic mass is 10.2. The molecule has 7 heteroatoms. The van der Waals surface area contributed by atoms with Crippen LogP contribution in [0.25, 0.3) is 0 Å². The molecule has 1 saturated heterocycles. The number of nitrogens with zero attached hydrogens (tertiary/aromatic N) is 3. The zero-order valence-electron chi connectivity index (χ0n) is 14.1. The lowest BCUT2D eigenvalue weighted by Crippen LogP contribution is -2.36. The lowest BCUT2D eigenvalue weighted by molar-refractivity contribution is -0.127. The molecule has 0 aromatic heterocycles. The predicted molar refractivity (Wildman–Crippen MR) is 97.2 cm³/mol. The minimum atomic E-state index is -0.585. The number of amides is 3. The van der Waals surface area contributed by atoms with Crippen LogP contribution in [0.5, 0.6) is 5.75 Å². The van der Waals surface area contributed by atoms with E-state index in [1.165, 1.54) is 9.80 Å². The Kier molecular flexibility index (Phi) is 5.10. The molecule has 0 saturated carbocycles. The summed E-state index contributed by atoms with van der Waals surface area (Å²) in [5.74, 6) is 0.305. The number of halogens is 1. The van der Waals surface area contributed by atoms with Crippen LogP contribution in [0.2, 0.25) is 5.02 Å². The number of imide groups is 1. The van der Waals surface area contributed by atoms with E-state index in [0.29, 0.717) is 22.0 Å². The Morgan fingerprint density at radius 2 is 1.77 bits per heavy atom. The molecule has 132 valence electrons. The van der Waals surface area contributed by atoms with Gasteiger partial charge < -0.3 is 4.74 Å². The van der Waals surface area contributed by atoms with Gasteiger partial charge in [0, 0.05) is 10.7 Å². The van der Waals surface area contributed by atoms with Gasteiger partial charge in [-0.3, -0.25) is 14.6 Å².